The second kappa shape index (κ2) is 5.54. The van der Waals surface area contributed by atoms with Crippen LogP contribution in [0.15, 0.2) is 40.9 Å². The maximum Gasteiger partial charge on any atom is 0.417 e. The van der Waals surface area contributed by atoms with Gasteiger partial charge in [-0.05, 0) is 52.3 Å². The van der Waals surface area contributed by atoms with Crippen LogP contribution in [0.4, 0.5) is 18.9 Å². The molecule has 0 saturated heterocycles. The number of nitrogens with two attached hydrogens (primary N) is 1. The van der Waals surface area contributed by atoms with Gasteiger partial charge in [-0.1, -0.05) is 11.6 Å². The van der Waals surface area contributed by atoms with Crippen molar-refractivity contribution in [3.63, 3.8) is 0 Å². The average Bonchev–Trinajstić information content (AvgIpc) is 2.33. The Kier molecular flexibility index (Phi) is 4.15. The fourth-order valence-electron chi connectivity index (χ4n) is 1.51. The molecule has 0 heterocycles. The molecule has 2 aromatic rings. The number of anilines is 1. The van der Waals surface area contributed by atoms with Crippen molar-refractivity contribution in [1.82, 2.24) is 0 Å². The van der Waals surface area contributed by atoms with Crippen LogP contribution in [0.3, 0.4) is 0 Å². The van der Waals surface area contributed by atoms with E-state index < -0.39 is 11.7 Å². The van der Waals surface area contributed by atoms with E-state index in [9.17, 15) is 13.2 Å². The maximum absolute atomic E-state index is 12.7. The lowest BCUT2D eigenvalue weighted by atomic mass is 10.2. The van der Waals surface area contributed by atoms with E-state index in [1.54, 1.807) is 18.2 Å². The number of halogens is 5. The normalized spacial score (nSPS) is 11.4. The Morgan fingerprint density at radius 3 is 2.40 bits per heavy atom. The molecule has 0 radical (unpaired) electrons. The molecule has 0 aliphatic rings. The minimum Gasteiger partial charge on any atom is -0.456 e. The zero-order valence-corrected chi connectivity index (χ0v) is 12.2. The van der Waals surface area contributed by atoms with Gasteiger partial charge in [-0.3, -0.25) is 0 Å². The van der Waals surface area contributed by atoms with Gasteiger partial charge in [0.1, 0.15) is 11.5 Å². The summed E-state index contributed by atoms with van der Waals surface area (Å²) < 4.78 is 44.1. The summed E-state index contributed by atoms with van der Waals surface area (Å²) in [6.45, 7) is 0. The Balaban J connectivity index is 2.35. The molecule has 0 aromatic heterocycles. The van der Waals surface area contributed by atoms with Crippen molar-refractivity contribution >= 4 is 33.2 Å². The predicted octanol–water partition coefficient (Wildman–Crippen LogP) is 5.50. The van der Waals surface area contributed by atoms with Gasteiger partial charge < -0.3 is 10.5 Å². The zero-order valence-electron chi connectivity index (χ0n) is 9.84. The van der Waals surface area contributed by atoms with Crippen molar-refractivity contribution in [2.24, 2.45) is 0 Å². The molecule has 0 unspecified atom stereocenters. The summed E-state index contributed by atoms with van der Waals surface area (Å²) in [5.74, 6) is 0.391. The van der Waals surface area contributed by atoms with E-state index in [0.29, 0.717) is 15.9 Å². The topological polar surface area (TPSA) is 35.2 Å². The monoisotopic (exact) mass is 365 g/mol. The van der Waals surface area contributed by atoms with Crippen LogP contribution < -0.4 is 10.5 Å². The van der Waals surface area contributed by atoms with Crippen LogP contribution in [0.25, 0.3) is 0 Å². The fraction of sp³-hybridized carbons (Fsp3) is 0.0769. The van der Waals surface area contributed by atoms with Gasteiger partial charge in [-0.15, -0.1) is 0 Å². The van der Waals surface area contributed by atoms with Gasteiger partial charge in [0.15, 0.2) is 0 Å². The van der Waals surface area contributed by atoms with Crippen LogP contribution >= 0.6 is 27.5 Å². The van der Waals surface area contributed by atoms with Crippen molar-refractivity contribution in [3.05, 3.63) is 51.5 Å². The van der Waals surface area contributed by atoms with Crippen LogP contribution in [0.1, 0.15) is 5.56 Å². The summed E-state index contributed by atoms with van der Waals surface area (Å²) >= 11 is 8.76. The summed E-state index contributed by atoms with van der Waals surface area (Å²) in [5, 5.41) is -0.374. The highest BCUT2D eigenvalue weighted by Gasteiger charge is 2.33. The number of ether oxygens (including phenoxy) is 1. The quantitative estimate of drug-likeness (QED) is 0.713. The van der Waals surface area contributed by atoms with Crippen LogP contribution in [-0.2, 0) is 6.18 Å². The predicted molar refractivity (Wildman–Crippen MR) is 75.1 cm³/mol. The van der Waals surface area contributed by atoms with E-state index in [1.807, 2.05) is 0 Å². The highest BCUT2D eigenvalue weighted by Crippen LogP contribution is 2.38. The van der Waals surface area contributed by atoms with Gasteiger partial charge in [0.05, 0.1) is 15.1 Å². The summed E-state index contributed by atoms with van der Waals surface area (Å²) in [4.78, 5) is 0. The highest BCUT2D eigenvalue weighted by molar-refractivity contribution is 9.10. The molecule has 0 amide bonds. The molecule has 0 saturated carbocycles. The van der Waals surface area contributed by atoms with Gasteiger partial charge in [-0.25, -0.2) is 0 Å². The Morgan fingerprint density at radius 2 is 1.80 bits per heavy atom. The molecule has 20 heavy (non-hydrogen) atoms. The summed E-state index contributed by atoms with van der Waals surface area (Å²) in [7, 11) is 0. The standard InChI is InChI=1S/C13H8BrClF3NO/c14-10-5-7(19)1-4-12(10)20-8-2-3-11(15)9(6-8)13(16,17)18/h1-6H,19H2. The van der Waals surface area contributed by atoms with E-state index in [1.165, 1.54) is 6.07 Å². The molecule has 106 valence electrons. The first-order chi connectivity index (χ1) is 9.27. The Hall–Kier alpha value is -1.40. The zero-order chi connectivity index (χ0) is 14.9. The number of rotatable bonds is 2. The van der Waals surface area contributed by atoms with E-state index >= 15 is 0 Å². The smallest absolute Gasteiger partial charge is 0.417 e. The third-order valence-electron chi connectivity index (χ3n) is 2.43. The minimum atomic E-state index is -4.53. The van der Waals surface area contributed by atoms with E-state index in [4.69, 9.17) is 22.1 Å². The number of benzene rings is 2. The molecular weight excluding hydrogens is 358 g/mol. The van der Waals surface area contributed by atoms with E-state index in [2.05, 4.69) is 15.9 Å². The Bertz CT molecular complexity index is 646. The van der Waals surface area contributed by atoms with E-state index in [0.717, 1.165) is 12.1 Å². The van der Waals surface area contributed by atoms with Gasteiger partial charge in [-0.2, -0.15) is 13.2 Å². The molecule has 0 aliphatic carbocycles. The molecule has 0 bridgehead atoms. The van der Waals surface area contributed by atoms with Gasteiger partial charge in [0.2, 0.25) is 0 Å². The number of nitrogen functional groups attached to an aromatic ring is 1. The van der Waals surface area contributed by atoms with Crippen molar-refractivity contribution < 1.29 is 17.9 Å². The summed E-state index contributed by atoms with van der Waals surface area (Å²) in [6.07, 6.45) is -4.53. The summed E-state index contributed by atoms with van der Waals surface area (Å²) in [5.41, 5.74) is 5.14. The summed E-state index contributed by atoms with van der Waals surface area (Å²) in [6, 6.07) is 8.09. The van der Waals surface area contributed by atoms with Crippen LogP contribution in [0.5, 0.6) is 11.5 Å². The first-order valence-electron chi connectivity index (χ1n) is 5.37. The van der Waals surface area contributed by atoms with Crippen LogP contribution in [-0.4, -0.2) is 0 Å². The molecule has 2 N–H and O–H groups in total. The fourth-order valence-corrected chi connectivity index (χ4v) is 2.21. The molecule has 0 fully saturated rings. The molecule has 2 aromatic carbocycles. The SMILES string of the molecule is Nc1ccc(Oc2ccc(Cl)c(C(F)(F)F)c2)c(Br)c1. The first-order valence-corrected chi connectivity index (χ1v) is 6.54. The van der Waals surface area contributed by atoms with Crippen LogP contribution in [0, 0.1) is 0 Å². The van der Waals surface area contributed by atoms with E-state index in [-0.39, 0.29) is 10.8 Å². The molecule has 0 aliphatic heterocycles. The average molecular weight is 367 g/mol. The van der Waals surface area contributed by atoms with Crippen molar-refractivity contribution in [1.29, 1.82) is 0 Å². The van der Waals surface area contributed by atoms with Crippen molar-refractivity contribution in [2.45, 2.75) is 6.18 Å². The third kappa shape index (κ3) is 3.37. The van der Waals surface area contributed by atoms with Crippen molar-refractivity contribution in [2.75, 3.05) is 5.73 Å². The molecule has 0 atom stereocenters. The Labute approximate surface area is 126 Å². The Morgan fingerprint density at radius 1 is 1.10 bits per heavy atom. The number of alkyl halides is 3. The molecule has 7 heteroatoms. The molecule has 2 rings (SSSR count). The lowest BCUT2D eigenvalue weighted by Crippen LogP contribution is -2.05. The lowest BCUT2D eigenvalue weighted by Gasteiger charge is -2.12. The number of hydrogen-bond donors (Lipinski definition) is 1. The molecule has 0 spiro atoms. The lowest BCUT2D eigenvalue weighted by molar-refractivity contribution is -0.137. The minimum absolute atomic E-state index is 0.0344. The second-order valence-electron chi connectivity index (χ2n) is 3.93. The second-order valence-corrected chi connectivity index (χ2v) is 5.19. The first kappa shape index (κ1) is 15.0. The highest BCUT2D eigenvalue weighted by atomic mass is 79.9. The van der Waals surface area contributed by atoms with Crippen LogP contribution in [0.2, 0.25) is 5.02 Å². The third-order valence-corrected chi connectivity index (χ3v) is 3.38. The molecule has 2 nitrogen and oxygen atoms in total. The van der Waals surface area contributed by atoms with Gasteiger partial charge in [0.25, 0.3) is 0 Å². The number of hydrogen-bond acceptors (Lipinski definition) is 2. The van der Waals surface area contributed by atoms with Crippen molar-refractivity contribution in [3.8, 4) is 11.5 Å². The van der Waals surface area contributed by atoms with Gasteiger partial charge in [0, 0.05) is 5.69 Å². The molecular formula is C13H8BrClF3NO. The van der Waals surface area contributed by atoms with Gasteiger partial charge >= 0.3 is 6.18 Å². The maximum atomic E-state index is 12.7. The largest absolute Gasteiger partial charge is 0.456 e.